The van der Waals surface area contributed by atoms with Gasteiger partial charge in [0.25, 0.3) is 5.91 Å². The van der Waals surface area contributed by atoms with Crippen LogP contribution in [0.25, 0.3) is 0 Å². The number of benzene rings is 1. The molecular weight excluding hydrogens is 401 g/mol. The predicted molar refractivity (Wildman–Crippen MR) is 106 cm³/mol. The quantitative estimate of drug-likeness (QED) is 0.523. The number of hydrogen-bond acceptors (Lipinski definition) is 4. The molecule has 0 saturated heterocycles. The first-order valence-corrected chi connectivity index (χ1v) is 9.12. The van der Waals surface area contributed by atoms with E-state index in [9.17, 15) is 4.79 Å². The van der Waals surface area contributed by atoms with Gasteiger partial charge < -0.3 is 5.32 Å². The number of carbonyl (C=O) groups is 1. The fourth-order valence-corrected chi connectivity index (χ4v) is 3.02. The van der Waals surface area contributed by atoms with E-state index >= 15 is 0 Å². The molecule has 3 heterocycles. The van der Waals surface area contributed by atoms with Crippen molar-refractivity contribution >= 4 is 34.9 Å². The summed E-state index contributed by atoms with van der Waals surface area (Å²) < 4.78 is 4.93. The summed E-state index contributed by atoms with van der Waals surface area (Å²) in [6.07, 6.45) is 6.83. The zero-order chi connectivity index (χ0) is 19.5. The van der Waals surface area contributed by atoms with E-state index in [1.54, 1.807) is 38.7 Å². The minimum atomic E-state index is -0.399. The lowest BCUT2D eigenvalue weighted by molar-refractivity contribution is 0.102. The number of nitrogens with zero attached hydrogens (tertiary/aromatic N) is 6. The van der Waals surface area contributed by atoms with E-state index in [0.29, 0.717) is 23.3 Å². The van der Waals surface area contributed by atoms with Crippen LogP contribution in [0.4, 0.5) is 5.82 Å². The first kappa shape index (κ1) is 18.3. The van der Waals surface area contributed by atoms with Gasteiger partial charge in [-0.15, -0.1) is 0 Å². The zero-order valence-corrected chi connectivity index (χ0v) is 16.0. The van der Waals surface area contributed by atoms with Gasteiger partial charge in [-0.1, -0.05) is 41.4 Å². The molecule has 10 heteroatoms. The molecule has 1 amide bonds. The van der Waals surface area contributed by atoms with Gasteiger partial charge in [0.05, 0.1) is 6.54 Å². The first-order valence-electron chi connectivity index (χ1n) is 8.37. The number of carbonyl (C=O) groups excluding carboxylic acids is 1. The number of rotatable bonds is 6. The van der Waals surface area contributed by atoms with E-state index in [1.807, 2.05) is 36.5 Å². The summed E-state index contributed by atoms with van der Waals surface area (Å²) in [4.78, 5) is 12.5. The molecule has 4 rings (SSSR count). The second-order valence-corrected chi connectivity index (χ2v) is 6.81. The molecule has 3 aromatic heterocycles. The van der Waals surface area contributed by atoms with Crippen molar-refractivity contribution < 1.29 is 4.79 Å². The van der Waals surface area contributed by atoms with Crippen LogP contribution >= 0.6 is 23.2 Å². The third-order valence-electron chi connectivity index (χ3n) is 3.96. The van der Waals surface area contributed by atoms with Crippen molar-refractivity contribution in [1.29, 1.82) is 0 Å². The highest BCUT2D eigenvalue weighted by Gasteiger charge is 2.15. The van der Waals surface area contributed by atoms with Crippen molar-refractivity contribution in [3.05, 3.63) is 82.5 Å². The summed E-state index contributed by atoms with van der Waals surface area (Å²) in [5.41, 5.74) is 1.16. The van der Waals surface area contributed by atoms with Crippen LogP contribution in [0.1, 0.15) is 16.1 Å². The Labute approximate surface area is 170 Å². The molecule has 0 radical (unpaired) electrons. The highest BCUT2D eigenvalue weighted by molar-refractivity contribution is 6.33. The third kappa shape index (κ3) is 4.08. The number of hydrogen-bond donors (Lipinski definition) is 1. The van der Waals surface area contributed by atoms with Gasteiger partial charge in [-0.05, 0) is 23.8 Å². The first-order chi connectivity index (χ1) is 13.6. The van der Waals surface area contributed by atoms with Gasteiger partial charge in [-0.25, -0.2) is 0 Å². The Bertz CT molecular complexity index is 1100. The van der Waals surface area contributed by atoms with Crippen LogP contribution in [0.5, 0.6) is 0 Å². The standard InChI is InChI=1S/C18H15Cl2N7O/c19-14-5-2-1-4-13(14)10-27-11-15(20)17(24-27)22-18(28)16-6-9-26(23-16)12-25-8-3-7-21-25/h1-9,11H,10,12H2,(H,22,24,28). The van der Waals surface area contributed by atoms with E-state index in [2.05, 4.69) is 20.6 Å². The molecule has 1 N–H and O–H groups in total. The highest BCUT2D eigenvalue weighted by Crippen LogP contribution is 2.22. The Balaban J connectivity index is 1.44. The van der Waals surface area contributed by atoms with Crippen molar-refractivity contribution in [2.24, 2.45) is 0 Å². The average molecular weight is 416 g/mol. The Morgan fingerprint density at radius 3 is 2.61 bits per heavy atom. The van der Waals surface area contributed by atoms with Crippen molar-refractivity contribution in [1.82, 2.24) is 29.3 Å². The van der Waals surface area contributed by atoms with Crippen LogP contribution < -0.4 is 5.32 Å². The maximum Gasteiger partial charge on any atom is 0.277 e. The molecule has 4 aromatic rings. The van der Waals surface area contributed by atoms with Gasteiger partial charge in [0, 0.05) is 29.8 Å². The van der Waals surface area contributed by atoms with Gasteiger partial charge >= 0.3 is 0 Å². The van der Waals surface area contributed by atoms with Gasteiger partial charge in [0.15, 0.2) is 11.5 Å². The summed E-state index contributed by atoms with van der Waals surface area (Å²) in [5, 5.41) is 16.3. The van der Waals surface area contributed by atoms with Crippen molar-refractivity contribution in [2.45, 2.75) is 13.2 Å². The molecule has 142 valence electrons. The molecule has 0 bridgehead atoms. The molecule has 0 fully saturated rings. The fourth-order valence-electron chi connectivity index (χ4n) is 2.63. The smallest absolute Gasteiger partial charge is 0.277 e. The maximum atomic E-state index is 12.5. The minimum Gasteiger partial charge on any atom is -0.302 e. The summed E-state index contributed by atoms with van der Waals surface area (Å²) in [7, 11) is 0. The largest absolute Gasteiger partial charge is 0.302 e. The van der Waals surface area contributed by atoms with Crippen molar-refractivity contribution in [3.8, 4) is 0 Å². The van der Waals surface area contributed by atoms with E-state index in [-0.39, 0.29) is 11.5 Å². The number of aromatic nitrogens is 6. The topological polar surface area (TPSA) is 82.6 Å². The molecule has 8 nitrogen and oxygen atoms in total. The summed E-state index contributed by atoms with van der Waals surface area (Å²) >= 11 is 12.4. The number of halogens is 2. The van der Waals surface area contributed by atoms with E-state index in [0.717, 1.165) is 5.56 Å². The molecule has 1 aromatic carbocycles. The SMILES string of the molecule is O=C(Nc1nn(Cc2ccccc2Cl)cc1Cl)c1ccn(Cn2cccn2)n1. The molecule has 28 heavy (non-hydrogen) atoms. The number of amides is 1. The molecule has 0 aliphatic heterocycles. The second kappa shape index (κ2) is 7.87. The van der Waals surface area contributed by atoms with Gasteiger partial charge in [-0.2, -0.15) is 15.3 Å². The normalized spacial score (nSPS) is 10.9. The summed E-state index contributed by atoms with van der Waals surface area (Å²) in [5.74, 6) is -0.135. The molecule has 0 aliphatic rings. The molecule has 0 aliphatic carbocycles. The number of anilines is 1. The monoisotopic (exact) mass is 415 g/mol. The lowest BCUT2D eigenvalue weighted by Gasteiger charge is -2.04. The molecule has 0 atom stereocenters. The van der Waals surface area contributed by atoms with Crippen LogP contribution in [-0.4, -0.2) is 35.2 Å². The summed E-state index contributed by atoms with van der Waals surface area (Å²) in [6.45, 7) is 0.848. The lowest BCUT2D eigenvalue weighted by Crippen LogP contribution is -2.15. The van der Waals surface area contributed by atoms with Gasteiger partial charge in [0.1, 0.15) is 11.7 Å². The average Bonchev–Trinajstić information content (AvgIpc) is 3.41. The minimum absolute atomic E-state index is 0.254. The number of nitrogens with one attached hydrogen (secondary N) is 1. The second-order valence-electron chi connectivity index (χ2n) is 6.00. The molecule has 0 spiro atoms. The molecular formula is C18H15Cl2N7O. The van der Waals surface area contributed by atoms with Crippen molar-refractivity contribution in [3.63, 3.8) is 0 Å². The maximum absolute atomic E-state index is 12.5. The van der Waals surface area contributed by atoms with Crippen LogP contribution in [0.3, 0.4) is 0 Å². The molecule has 0 unspecified atom stereocenters. The fraction of sp³-hybridized carbons (Fsp3) is 0.111. The van der Waals surface area contributed by atoms with Gasteiger partial charge in [-0.3, -0.25) is 18.8 Å². The van der Waals surface area contributed by atoms with Gasteiger partial charge in [0.2, 0.25) is 0 Å². The lowest BCUT2D eigenvalue weighted by atomic mass is 10.2. The Hall–Kier alpha value is -3.10. The van der Waals surface area contributed by atoms with E-state index in [4.69, 9.17) is 23.2 Å². The van der Waals surface area contributed by atoms with Crippen LogP contribution in [0, 0.1) is 0 Å². The van der Waals surface area contributed by atoms with Crippen LogP contribution in [0.2, 0.25) is 10.0 Å². The van der Waals surface area contributed by atoms with E-state index in [1.165, 1.54) is 0 Å². The van der Waals surface area contributed by atoms with E-state index < -0.39 is 5.91 Å². The zero-order valence-electron chi connectivity index (χ0n) is 14.5. The predicted octanol–water partition coefficient (Wildman–Crippen LogP) is 3.39. The highest BCUT2D eigenvalue weighted by atomic mass is 35.5. The Morgan fingerprint density at radius 1 is 0.964 bits per heavy atom. The van der Waals surface area contributed by atoms with Crippen molar-refractivity contribution in [2.75, 3.05) is 5.32 Å². The Kier molecular flexibility index (Phi) is 5.14. The third-order valence-corrected chi connectivity index (χ3v) is 4.61. The molecule has 0 saturated carbocycles. The summed E-state index contributed by atoms with van der Waals surface area (Å²) in [6, 6.07) is 10.9. The van der Waals surface area contributed by atoms with Crippen LogP contribution in [-0.2, 0) is 13.2 Å². The Morgan fingerprint density at radius 2 is 1.82 bits per heavy atom. The van der Waals surface area contributed by atoms with Crippen LogP contribution in [0.15, 0.2) is 61.2 Å².